The molecule has 0 radical (unpaired) electrons. The van der Waals surface area contributed by atoms with Crippen LogP contribution in [0.15, 0.2) is 30.9 Å². The molecule has 0 unspecified atom stereocenters. The van der Waals surface area contributed by atoms with Crippen LogP contribution in [0.2, 0.25) is 0 Å². The van der Waals surface area contributed by atoms with E-state index in [1.807, 2.05) is 6.08 Å². The van der Waals surface area contributed by atoms with Gasteiger partial charge in [0, 0.05) is 32.2 Å². The van der Waals surface area contributed by atoms with Gasteiger partial charge in [-0.15, -0.1) is 19.8 Å². The summed E-state index contributed by atoms with van der Waals surface area (Å²) in [7, 11) is 0. The molecule has 1 saturated heterocycles. The molecule has 1 fully saturated rings. The number of unbranched alkanes of at least 4 members (excludes halogenated alkanes) is 2. The lowest BCUT2D eigenvalue weighted by atomic mass is 9.97. The molecule has 7 heteroatoms. The zero-order valence-corrected chi connectivity index (χ0v) is 14.1. The third-order valence-electron chi connectivity index (χ3n) is 4.29. The van der Waals surface area contributed by atoms with Crippen molar-refractivity contribution in [1.29, 1.82) is 0 Å². The van der Waals surface area contributed by atoms with Gasteiger partial charge in [0.1, 0.15) is 0 Å². The number of nitrogens with one attached hydrogen (secondary N) is 1. The first-order valence-electron chi connectivity index (χ1n) is 8.51. The largest absolute Gasteiger partial charge is 0.573 e. The molecule has 140 valence electrons. The second-order valence-electron chi connectivity index (χ2n) is 6.11. The number of halogens is 4. The Bertz CT molecular complexity index is 556. The van der Waals surface area contributed by atoms with Crippen molar-refractivity contribution in [2.75, 3.05) is 26.2 Å². The van der Waals surface area contributed by atoms with Crippen LogP contribution in [0.5, 0.6) is 5.75 Å². The average Bonchev–Trinajstić information content (AvgIpc) is 2.57. The highest BCUT2D eigenvalue weighted by atomic mass is 19.4. The van der Waals surface area contributed by atoms with Crippen molar-refractivity contribution in [1.82, 2.24) is 10.2 Å². The van der Waals surface area contributed by atoms with Crippen molar-refractivity contribution >= 4 is 0 Å². The molecule has 1 heterocycles. The quantitative estimate of drug-likeness (QED) is 0.422. The van der Waals surface area contributed by atoms with Crippen LogP contribution in [-0.2, 0) is 0 Å². The standard InChI is InChI=1S/C18H24F4N2O/c1-2-3-4-5-6-16(24-11-9-23-10-12-24)14-7-8-17(15(19)13-14)25-18(20,21)22/h2,7-8,13,16,23H,1,3-6,9-12H2/t16-/m0/s1. The lowest BCUT2D eigenvalue weighted by Crippen LogP contribution is -2.45. The van der Waals surface area contributed by atoms with Crippen LogP contribution >= 0.6 is 0 Å². The maximum Gasteiger partial charge on any atom is 0.573 e. The average molecular weight is 360 g/mol. The maximum atomic E-state index is 14.1. The summed E-state index contributed by atoms with van der Waals surface area (Å²) in [6, 6.07) is 3.75. The van der Waals surface area contributed by atoms with E-state index in [1.54, 1.807) is 0 Å². The summed E-state index contributed by atoms with van der Waals surface area (Å²) in [5.74, 6) is -1.77. The highest BCUT2D eigenvalue weighted by Crippen LogP contribution is 2.32. The Balaban J connectivity index is 2.14. The van der Waals surface area contributed by atoms with Gasteiger partial charge in [0.25, 0.3) is 0 Å². The van der Waals surface area contributed by atoms with Gasteiger partial charge in [0.15, 0.2) is 11.6 Å². The molecule has 3 nitrogen and oxygen atoms in total. The van der Waals surface area contributed by atoms with Gasteiger partial charge in [0.2, 0.25) is 0 Å². The van der Waals surface area contributed by atoms with E-state index in [0.29, 0.717) is 5.56 Å². The van der Waals surface area contributed by atoms with Crippen molar-refractivity contribution in [2.45, 2.75) is 38.1 Å². The van der Waals surface area contributed by atoms with Gasteiger partial charge in [-0.25, -0.2) is 4.39 Å². The highest BCUT2D eigenvalue weighted by Gasteiger charge is 2.32. The Morgan fingerprint density at radius 2 is 1.96 bits per heavy atom. The Kier molecular flexibility index (Phi) is 7.25. The van der Waals surface area contributed by atoms with Gasteiger partial charge in [0.05, 0.1) is 0 Å². The third kappa shape index (κ3) is 6.32. The third-order valence-corrected chi connectivity index (χ3v) is 4.29. The summed E-state index contributed by atoms with van der Waals surface area (Å²) >= 11 is 0. The van der Waals surface area contributed by atoms with Crippen LogP contribution in [0.25, 0.3) is 0 Å². The smallest absolute Gasteiger partial charge is 0.403 e. The van der Waals surface area contributed by atoms with Crippen LogP contribution in [0, 0.1) is 5.82 Å². The first-order chi connectivity index (χ1) is 11.9. The minimum Gasteiger partial charge on any atom is -0.403 e. The summed E-state index contributed by atoms with van der Waals surface area (Å²) in [6.45, 7) is 7.05. The highest BCUT2D eigenvalue weighted by molar-refractivity contribution is 5.31. The molecule has 0 amide bonds. The molecule has 0 aromatic heterocycles. The molecule has 1 aromatic carbocycles. The van der Waals surface area contributed by atoms with Crippen LogP contribution < -0.4 is 10.1 Å². The van der Waals surface area contributed by atoms with Gasteiger partial charge >= 0.3 is 6.36 Å². The predicted molar refractivity (Wildman–Crippen MR) is 88.9 cm³/mol. The summed E-state index contributed by atoms with van der Waals surface area (Å²) < 4.78 is 54.7. The molecule has 0 bridgehead atoms. The van der Waals surface area contributed by atoms with E-state index in [9.17, 15) is 17.6 Å². The SMILES string of the molecule is C=CCCCC[C@@H](c1ccc(OC(F)(F)F)c(F)c1)N1CCNCC1. The molecule has 1 aromatic rings. The summed E-state index contributed by atoms with van der Waals surface area (Å²) in [5.41, 5.74) is 0.688. The van der Waals surface area contributed by atoms with E-state index >= 15 is 0 Å². The molecule has 0 spiro atoms. The zero-order chi connectivity index (χ0) is 18.3. The van der Waals surface area contributed by atoms with E-state index < -0.39 is 17.9 Å². The Hall–Kier alpha value is -1.60. The van der Waals surface area contributed by atoms with Crippen molar-refractivity contribution in [3.63, 3.8) is 0 Å². The first kappa shape index (κ1) is 19.7. The fourth-order valence-corrected chi connectivity index (χ4v) is 3.11. The Labute approximate surface area is 145 Å². The monoisotopic (exact) mass is 360 g/mol. The molecular weight excluding hydrogens is 336 g/mol. The van der Waals surface area contributed by atoms with E-state index in [0.717, 1.165) is 57.9 Å². The lowest BCUT2D eigenvalue weighted by Gasteiger charge is -2.35. The van der Waals surface area contributed by atoms with Crippen molar-refractivity contribution < 1.29 is 22.3 Å². The number of hydrogen-bond acceptors (Lipinski definition) is 3. The van der Waals surface area contributed by atoms with Gasteiger partial charge in [-0.05, 0) is 37.0 Å². The summed E-state index contributed by atoms with van der Waals surface area (Å²) in [6.07, 6.45) is 0.647. The Morgan fingerprint density at radius 3 is 2.56 bits per heavy atom. The molecule has 25 heavy (non-hydrogen) atoms. The number of allylic oxidation sites excluding steroid dienone is 1. The van der Waals surface area contributed by atoms with Crippen LogP contribution in [-0.4, -0.2) is 37.4 Å². The molecule has 0 saturated carbocycles. The lowest BCUT2D eigenvalue weighted by molar-refractivity contribution is -0.275. The molecule has 0 aliphatic carbocycles. The first-order valence-corrected chi connectivity index (χ1v) is 8.51. The van der Waals surface area contributed by atoms with Crippen molar-refractivity contribution in [2.24, 2.45) is 0 Å². The number of hydrogen-bond donors (Lipinski definition) is 1. The molecule has 1 atom stereocenters. The number of alkyl halides is 3. The molecular formula is C18H24F4N2O. The molecule has 1 aliphatic rings. The topological polar surface area (TPSA) is 24.5 Å². The van der Waals surface area contributed by atoms with Gasteiger partial charge in [-0.1, -0.05) is 18.6 Å². The minimum atomic E-state index is -4.90. The van der Waals surface area contributed by atoms with Gasteiger partial charge in [-0.2, -0.15) is 0 Å². The molecule has 2 rings (SSSR count). The zero-order valence-electron chi connectivity index (χ0n) is 14.1. The second-order valence-corrected chi connectivity index (χ2v) is 6.11. The van der Waals surface area contributed by atoms with Crippen LogP contribution in [0.1, 0.15) is 37.3 Å². The fourth-order valence-electron chi connectivity index (χ4n) is 3.11. The second kappa shape index (κ2) is 9.20. The number of piperazine rings is 1. The predicted octanol–water partition coefficient (Wildman–Crippen LogP) is 4.42. The Morgan fingerprint density at radius 1 is 1.24 bits per heavy atom. The van der Waals surface area contributed by atoms with Crippen LogP contribution in [0.3, 0.4) is 0 Å². The van der Waals surface area contributed by atoms with Gasteiger partial charge < -0.3 is 10.1 Å². The number of benzene rings is 1. The molecule has 1 N–H and O–H groups in total. The van der Waals surface area contributed by atoms with Crippen molar-refractivity contribution in [3.05, 3.63) is 42.2 Å². The normalized spacial score (nSPS) is 17.3. The maximum absolute atomic E-state index is 14.1. The summed E-state index contributed by atoms with van der Waals surface area (Å²) in [4.78, 5) is 2.25. The number of ether oxygens (including phenoxy) is 1. The van der Waals surface area contributed by atoms with E-state index in [2.05, 4.69) is 21.5 Å². The fraction of sp³-hybridized carbons (Fsp3) is 0.556. The van der Waals surface area contributed by atoms with E-state index in [4.69, 9.17) is 0 Å². The number of rotatable bonds is 8. The van der Waals surface area contributed by atoms with Crippen molar-refractivity contribution in [3.8, 4) is 5.75 Å². The summed E-state index contributed by atoms with van der Waals surface area (Å²) in [5, 5.41) is 3.27. The van der Waals surface area contributed by atoms with Crippen LogP contribution in [0.4, 0.5) is 17.6 Å². The number of nitrogens with zero attached hydrogens (tertiary/aromatic N) is 1. The molecule has 1 aliphatic heterocycles. The minimum absolute atomic E-state index is 0.0126. The van der Waals surface area contributed by atoms with Gasteiger partial charge in [-0.3, -0.25) is 4.90 Å². The van der Waals surface area contributed by atoms with E-state index in [-0.39, 0.29) is 6.04 Å². The van der Waals surface area contributed by atoms with E-state index in [1.165, 1.54) is 12.1 Å².